The number of oxime groups is 1. The van der Waals surface area contributed by atoms with Gasteiger partial charge in [0.05, 0.1) is 11.1 Å². The van der Waals surface area contributed by atoms with Crippen molar-refractivity contribution < 1.29 is 18.0 Å². The maximum atomic E-state index is 12.5. The van der Waals surface area contributed by atoms with Crippen molar-refractivity contribution in [2.45, 2.75) is 17.7 Å². The van der Waals surface area contributed by atoms with E-state index in [1.165, 1.54) is 29.3 Å². The third-order valence-corrected chi connectivity index (χ3v) is 3.73. The van der Waals surface area contributed by atoms with E-state index >= 15 is 0 Å². The number of hydrogen-bond acceptors (Lipinski definition) is 5. The van der Waals surface area contributed by atoms with Gasteiger partial charge in [0.2, 0.25) is 0 Å². The summed E-state index contributed by atoms with van der Waals surface area (Å²) in [4.78, 5) is 9.62. The van der Waals surface area contributed by atoms with Crippen LogP contribution in [0.1, 0.15) is 18.2 Å². The van der Waals surface area contributed by atoms with Crippen LogP contribution in [0.2, 0.25) is 0 Å². The number of halogens is 3. The number of rotatable bonds is 7. The molecule has 0 N–H and O–H groups in total. The minimum atomic E-state index is -2.25. The molecule has 1 aromatic heterocycles. The Labute approximate surface area is 111 Å². The molecule has 0 bridgehead atoms. The van der Waals surface area contributed by atoms with Crippen LogP contribution in [0.5, 0.6) is 0 Å². The van der Waals surface area contributed by atoms with E-state index in [0.717, 1.165) is 4.88 Å². The number of thioether (sulfide) groups is 1. The Bertz CT molecular complexity index is 431. The lowest BCUT2D eigenvalue weighted by atomic mass is 10.4. The average molecular weight is 296 g/mol. The molecule has 0 aliphatic rings. The Morgan fingerprint density at radius 1 is 1.56 bits per heavy atom. The SMILES string of the molecule is CCO/N=C/c1cnc(SCCC(F)=C(F)F)s1. The molecular weight excluding hydrogens is 285 g/mol. The fourth-order valence-electron chi connectivity index (χ4n) is 0.882. The Morgan fingerprint density at radius 2 is 2.33 bits per heavy atom. The van der Waals surface area contributed by atoms with Crippen LogP contribution in [0, 0.1) is 0 Å². The zero-order chi connectivity index (χ0) is 13.4. The van der Waals surface area contributed by atoms with Crippen LogP contribution in [0.15, 0.2) is 27.6 Å². The smallest absolute Gasteiger partial charge is 0.301 e. The van der Waals surface area contributed by atoms with Crippen LogP contribution in [0.4, 0.5) is 13.2 Å². The highest BCUT2D eigenvalue weighted by Crippen LogP contribution is 2.26. The summed E-state index contributed by atoms with van der Waals surface area (Å²) in [5, 5.41) is 3.67. The van der Waals surface area contributed by atoms with E-state index < -0.39 is 11.9 Å². The molecule has 1 rings (SSSR count). The van der Waals surface area contributed by atoms with Gasteiger partial charge in [-0.25, -0.2) is 9.37 Å². The molecular formula is C10H11F3N2OS2. The van der Waals surface area contributed by atoms with Crippen molar-refractivity contribution in [1.82, 2.24) is 4.98 Å². The molecule has 0 radical (unpaired) electrons. The second kappa shape index (κ2) is 8.15. The minimum Gasteiger partial charge on any atom is -0.396 e. The van der Waals surface area contributed by atoms with Gasteiger partial charge in [0.15, 0.2) is 5.83 Å². The molecule has 0 saturated heterocycles. The summed E-state index contributed by atoms with van der Waals surface area (Å²) in [7, 11) is 0. The predicted octanol–water partition coefficient (Wildman–Crippen LogP) is 4.07. The summed E-state index contributed by atoms with van der Waals surface area (Å²) in [6.07, 6.45) is 0.568. The van der Waals surface area contributed by atoms with Gasteiger partial charge in [0.25, 0.3) is 0 Å². The number of hydrogen-bond donors (Lipinski definition) is 0. The largest absolute Gasteiger partial charge is 0.396 e. The molecule has 0 saturated carbocycles. The Balaban J connectivity index is 2.38. The van der Waals surface area contributed by atoms with Crippen molar-refractivity contribution in [3.8, 4) is 0 Å². The summed E-state index contributed by atoms with van der Waals surface area (Å²) in [6, 6.07) is 0. The first-order chi connectivity index (χ1) is 8.63. The van der Waals surface area contributed by atoms with Gasteiger partial charge in [-0.3, -0.25) is 0 Å². The number of allylic oxidation sites excluding steroid dienone is 1. The summed E-state index contributed by atoms with van der Waals surface area (Å²) >= 11 is 2.56. The van der Waals surface area contributed by atoms with E-state index in [-0.39, 0.29) is 12.2 Å². The standard InChI is InChI=1S/C10H11F3N2OS2/c1-2-16-15-6-7-5-14-10(18-7)17-4-3-8(11)9(12)13/h5-6H,2-4H2,1H3/b15-6+. The van der Waals surface area contributed by atoms with Gasteiger partial charge in [0, 0.05) is 18.4 Å². The zero-order valence-corrected chi connectivity index (χ0v) is 11.2. The lowest BCUT2D eigenvalue weighted by Gasteiger charge is -1.94. The molecule has 18 heavy (non-hydrogen) atoms. The normalized spacial score (nSPS) is 10.9. The first kappa shape index (κ1) is 15.0. The van der Waals surface area contributed by atoms with Gasteiger partial charge < -0.3 is 4.84 Å². The second-order valence-corrected chi connectivity index (χ2v) is 5.35. The Hall–Kier alpha value is -1.02. The molecule has 0 atom stereocenters. The van der Waals surface area contributed by atoms with Crippen molar-refractivity contribution in [1.29, 1.82) is 0 Å². The summed E-state index contributed by atoms with van der Waals surface area (Å²) in [5.74, 6) is -1.14. The van der Waals surface area contributed by atoms with Gasteiger partial charge in [-0.1, -0.05) is 16.9 Å². The fourth-order valence-corrected chi connectivity index (χ4v) is 2.75. The molecule has 0 amide bonds. The second-order valence-electron chi connectivity index (χ2n) is 2.94. The summed E-state index contributed by atoms with van der Waals surface area (Å²) < 4.78 is 36.7. The minimum absolute atomic E-state index is 0.221. The first-order valence-electron chi connectivity index (χ1n) is 5.07. The molecule has 1 heterocycles. The topological polar surface area (TPSA) is 34.5 Å². The van der Waals surface area contributed by atoms with Crippen molar-refractivity contribution in [2.24, 2.45) is 5.16 Å². The highest BCUT2D eigenvalue weighted by atomic mass is 32.2. The molecule has 0 aliphatic heterocycles. The lowest BCUT2D eigenvalue weighted by Crippen LogP contribution is -1.81. The van der Waals surface area contributed by atoms with E-state index in [2.05, 4.69) is 10.1 Å². The monoisotopic (exact) mass is 296 g/mol. The number of nitrogens with zero attached hydrogens (tertiary/aromatic N) is 2. The van der Waals surface area contributed by atoms with E-state index in [1.807, 2.05) is 6.92 Å². The molecule has 0 aromatic carbocycles. The molecule has 0 spiro atoms. The van der Waals surface area contributed by atoms with Crippen LogP contribution in [-0.4, -0.2) is 23.6 Å². The number of aromatic nitrogens is 1. The van der Waals surface area contributed by atoms with Crippen molar-refractivity contribution >= 4 is 29.3 Å². The van der Waals surface area contributed by atoms with Crippen LogP contribution in [0.3, 0.4) is 0 Å². The van der Waals surface area contributed by atoms with Crippen LogP contribution in [0.25, 0.3) is 0 Å². The fraction of sp³-hybridized carbons (Fsp3) is 0.400. The van der Waals surface area contributed by atoms with E-state index in [1.54, 1.807) is 6.20 Å². The number of thiazole rings is 1. The average Bonchev–Trinajstić information content (AvgIpc) is 2.77. The molecule has 3 nitrogen and oxygen atoms in total. The summed E-state index contributed by atoms with van der Waals surface area (Å²) in [6.45, 7) is 2.30. The summed E-state index contributed by atoms with van der Waals surface area (Å²) in [5.41, 5.74) is 0. The van der Waals surface area contributed by atoms with Gasteiger partial charge in [-0.15, -0.1) is 11.3 Å². The third-order valence-electron chi connectivity index (χ3n) is 1.64. The lowest BCUT2D eigenvalue weighted by molar-refractivity contribution is 0.160. The van der Waals surface area contributed by atoms with Crippen molar-refractivity contribution in [3.05, 3.63) is 23.0 Å². The van der Waals surface area contributed by atoms with E-state index in [9.17, 15) is 13.2 Å². The zero-order valence-electron chi connectivity index (χ0n) is 9.53. The molecule has 100 valence electrons. The van der Waals surface area contributed by atoms with Gasteiger partial charge >= 0.3 is 6.08 Å². The quantitative estimate of drug-likeness (QED) is 0.432. The molecule has 0 aliphatic carbocycles. The molecule has 0 fully saturated rings. The van der Waals surface area contributed by atoms with Crippen LogP contribution >= 0.6 is 23.1 Å². The molecule has 0 unspecified atom stereocenters. The first-order valence-corrected chi connectivity index (χ1v) is 6.87. The third kappa shape index (κ3) is 5.54. The van der Waals surface area contributed by atoms with Gasteiger partial charge in [-0.05, 0) is 6.92 Å². The van der Waals surface area contributed by atoms with E-state index in [4.69, 9.17) is 4.84 Å². The molecule has 1 aromatic rings. The Kier molecular flexibility index (Phi) is 6.81. The van der Waals surface area contributed by atoms with E-state index in [0.29, 0.717) is 10.9 Å². The highest BCUT2D eigenvalue weighted by molar-refractivity contribution is 8.01. The maximum Gasteiger partial charge on any atom is 0.301 e. The predicted molar refractivity (Wildman–Crippen MR) is 67.0 cm³/mol. The van der Waals surface area contributed by atoms with Gasteiger partial charge in [0.1, 0.15) is 10.9 Å². The highest BCUT2D eigenvalue weighted by Gasteiger charge is 2.06. The van der Waals surface area contributed by atoms with Gasteiger partial charge in [-0.2, -0.15) is 8.78 Å². The maximum absolute atomic E-state index is 12.5. The van der Waals surface area contributed by atoms with Crippen molar-refractivity contribution in [2.75, 3.05) is 12.4 Å². The Morgan fingerprint density at radius 3 is 3.00 bits per heavy atom. The molecule has 8 heteroatoms. The van der Waals surface area contributed by atoms with Crippen LogP contribution < -0.4 is 0 Å². The van der Waals surface area contributed by atoms with Crippen molar-refractivity contribution in [3.63, 3.8) is 0 Å². The van der Waals surface area contributed by atoms with Crippen LogP contribution in [-0.2, 0) is 4.84 Å².